The van der Waals surface area contributed by atoms with Crippen molar-refractivity contribution >= 4 is 20.4 Å². The van der Waals surface area contributed by atoms with Crippen molar-refractivity contribution in [1.82, 2.24) is 0 Å². The van der Waals surface area contributed by atoms with E-state index in [1.165, 1.54) is 0 Å². The molecule has 5 heteroatoms. The molecule has 0 spiro atoms. The van der Waals surface area contributed by atoms with Crippen molar-refractivity contribution in [3.63, 3.8) is 0 Å². The van der Waals surface area contributed by atoms with Crippen LogP contribution in [0.1, 0.15) is 12.5 Å². The predicted octanol–water partition coefficient (Wildman–Crippen LogP) is 5.64. The molecule has 0 amide bonds. The Morgan fingerprint density at radius 3 is 1.54 bits per heavy atom. The van der Waals surface area contributed by atoms with Gasteiger partial charge in [-0.15, -0.1) is 0 Å². The van der Waals surface area contributed by atoms with E-state index in [1.54, 1.807) is 6.92 Å². The van der Waals surface area contributed by atoms with E-state index in [2.05, 4.69) is 3.63 Å². The van der Waals surface area contributed by atoms with Gasteiger partial charge in [0.05, 0.1) is 25.0 Å². The lowest BCUT2D eigenvalue weighted by Crippen LogP contribution is -2.19. The van der Waals surface area contributed by atoms with Gasteiger partial charge in [0.1, 0.15) is 5.75 Å². The summed E-state index contributed by atoms with van der Waals surface area (Å²) < 4.78 is 29.9. The molecule has 0 heterocycles. The quantitative estimate of drug-likeness (QED) is 0.406. The van der Waals surface area contributed by atoms with Gasteiger partial charge in [-0.3, -0.25) is 3.63 Å². The normalized spacial score (nSPS) is 12.7. The van der Waals surface area contributed by atoms with Gasteiger partial charge in [-0.25, -0.2) is 0 Å². The van der Waals surface area contributed by atoms with Crippen LogP contribution in [0.15, 0.2) is 99.6 Å². The molecule has 3 aromatic rings. The summed E-state index contributed by atoms with van der Waals surface area (Å²) in [5.74, 6) is -0.0206. The summed E-state index contributed by atoms with van der Waals surface area (Å²) in [6, 6.07) is 27.5. The molecule has 0 bridgehead atoms. The first-order valence-electron chi connectivity index (χ1n) is 8.45. The number of hydrogen-bond donors (Lipinski definition) is 0. The van der Waals surface area contributed by atoms with E-state index in [9.17, 15) is 8.42 Å². The van der Waals surface area contributed by atoms with E-state index < -0.39 is 20.4 Å². The molecule has 0 unspecified atom stereocenters. The van der Waals surface area contributed by atoms with Gasteiger partial charge in [0, 0.05) is 0 Å². The zero-order valence-corrected chi connectivity index (χ0v) is 16.5. The minimum absolute atomic E-state index is 0.0206. The van der Waals surface area contributed by atoms with Crippen LogP contribution < -0.4 is 0 Å². The van der Waals surface area contributed by atoms with Gasteiger partial charge in [0.15, 0.2) is 0 Å². The summed E-state index contributed by atoms with van der Waals surface area (Å²) in [7, 11) is -5.85. The van der Waals surface area contributed by atoms with Crippen LogP contribution in [0.5, 0.6) is 0 Å². The van der Waals surface area contributed by atoms with E-state index in [0.717, 1.165) is 20.2 Å². The Balaban J connectivity index is 2.36. The SMILES string of the molecule is CCS(=O)(=O)[OH+]S(c1ccccc1)(c1ccccc1)c1ccc(C)cc1. The first kappa shape index (κ1) is 18.7. The van der Waals surface area contributed by atoms with Crippen molar-refractivity contribution in [1.29, 1.82) is 0 Å². The highest BCUT2D eigenvalue weighted by Crippen LogP contribution is 2.68. The topological polar surface area (TPSA) is 46.9 Å². The minimum Gasteiger partial charge on any atom is -0.262 e. The van der Waals surface area contributed by atoms with Crippen molar-refractivity contribution in [3.8, 4) is 0 Å². The Bertz CT molecular complexity index is 912. The molecule has 0 aliphatic heterocycles. The molecule has 3 nitrogen and oxygen atoms in total. The molecule has 0 saturated heterocycles. The predicted molar refractivity (Wildman–Crippen MR) is 109 cm³/mol. The Kier molecular flexibility index (Phi) is 5.51. The Morgan fingerprint density at radius 1 is 0.692 bits per heavy atom. The molecule has 0 aromatic heterocycles. The highest BCUT2D eigenvalue weighted by Gasteiger charge is 2.41. The Hall–Kier alpha value is -2.08. The molecular formula is C21H23O3S2+. The summed E-state index contributed by atoms with van der Waals surface area (Å²) in [6.45, 7) is 3.65. The van der Waals surface area contributed by atoms with Gasteiger partial charge in [-0.1, -0.05) is 54.1 Å². The van der Waals surface area contributed by atoms with Crippen molar-refractivity contribution in [2.45, 2.75) is 28.5 Å². The fourth-order valence-corrected chi connectivity index (χ4v) is 8.00. The maximum atomic E-state index is 12.7. The molecule has 0 atom stereocenters. The lowest BCUT2D eigenvalue weighted by molar-refractivity contribution is 0.388. The molecular weight excluding hydrogens is 364 g/mol. The summed E-state index contributed by atoms with van der Waals surface area (Å²) in [6.07, 6.45) is 0. The monoisotopic (exact) mass is 387 g/mol. The van der Waals surface area contributed by atoms with Gasteiger partial charge in [-0.05, 0) is 50.2 Å². The fraction of sp³-hybridized carbons (Fsp3) is 0.143. The molecule has 3 aromatic carbocycles. The maximum Gasteiger partial charge on any atom is 0.390 e. The molecule has 0 radical (unpaired) electrons. The third-order valence-corrected chi connectivity index (χ3v) is 9.52. The van der Waals surface area contributed by atoms with E-state index in [4.69, 9.17) is 0 Å². The standard InChI is InChI=1S/C21H22O3S2/c1-3-25(22,23)24-26(19-10-6-4-7-11-19,20-12-8-5-9-13-20)21-16-14-18(2)15-17-21/h4-17H,3H2,1-2H3/p+1. The second-order valence-electron chi connectivity index (χ2n) is 5.96. The zero-order valence-electron chi connectivity index (χ0n) is 14.9. The third-order valence-electron chi connectivity index (χ3n) is 4.12. The summed E-state index contributed by atoms with van der Waals surface area (Å²) in [5, 5.41) is 0. The van der Waals surface area contributed by atoms with Crippen LogP contribution >= 0.6 is 10.3 Å². The Labute approximate surface area is 157 Å². The first-order valence-corrected chi connectivity index (χ1v) is 11.6. The van der Waals surface area contributed by atoms with Gasteiger partial charge in [0.2, 0.25) is 0 Å². The van der Waals surface area contributed by atoms with Crippen LogP contribution in [0, 0.1) is 6.92 Å². The van der Waals surface area contributed by atoms with Crippen molar-refractivity contribution in [2.24, 2.45) is 0 Å². The van der Waals surface area contributed by atoms with Crippen LogP contribution in [0.4, 0.5) is 0 Å². The zero-order chi connectivity index (χ0) is 18.6. The van der Waals surface area contributed by atoms with Crippen LogP contribution in [-0.2, 0) is 10.1 Å². The second kappa shape index (κ2) is 7.66. The molecule has 0 aliphatic rings. The molecule has 136 valence electrons. The average Bonchev–Trinajstić information content (AvgIpc) is 2.68. The van der Waals surface area contributed by atoms with Crippen LogP contribution in [0.3, 0.4) is 0 Å². The number of hydrogen-bond acceptors (Lipinski definition) is 2. The lowest BCUT2D eigenvalue weighted by atomic mass is 10.2. The summed E-state index contributed by atoms with van der Waals surface area (Å²) in [5.41, 5.74) is 1.13. The summed E-state index contributed by atoms with van der Waals surface area (Å²) >= 11 is 0. The van der Waals surface area contributed by atoms with Gasteiger partial charge in [-0.2, -0.15) is 8.42 Å². The molecule has 3 rings (SSSR count). The van der Waals surface area contributed by atoms with E-state index in [1.807, 2.05) is 91.9 Å². The number of aryl methyl sites for hydroxylation is 1. The third kappa shape index (κ3) is 3.70. The van der Waals surface area contributed by atoms with Crippen LogP contribution in [0.2, 0.25) is 0 Å². The van der Waals surface area contributed by atoms with E-state index in [-0.39, 0.29) is 5.75 Å². The molecule has 1 N–H and O–H groups in total. The summed E-state index contributed by atoms with van der Waals surface area (Å²) in [4.78, 5) is 2.73. The molecule has 26 heavy (non-hydrogen) atoms. The van der Waals surface area contributed by atoms with Crippen LogP contribution in [-0.4, -0.2) is 17.8 Å². The largest absolute Gasteiger partial charge is 0.390 e. The first-order chi connectivity index (χ1) is 12.5. The van der Waals surface area contributed by atoms with Gasteiger partial charge < -0.3 is 0 Å². The lowest BCUT2D eigenvalue weighted by Gasteiger charge is -2.34. The van der Waals surface area contributed by atoms with Crippen LogP contribution in [0.25, 0.3) is 0 Å². The number of benzene rings is 3. The maximum absolute atomic E-state index is 12.7. The molecule has 0 fully saturated rings. The fourth-order valence-electron chi connectivity index (χ4n) is 2.73. The molecule has 0 aliphatic carbocycles. The van der Waals surface area contributed by atoms with Gasteiger partial charge in [0.25, 0.3) is 0 Å². The highest BCUT2D eigenvalue weighted by molar-refractivity contribution is 8.32. The van der Waals surface area contributed by atoms with E-state index in [0.29, 0.717) is 0 Å². The van der Waals surface area contributed by atoms with E-state index >= 15 is 0 Å². The highest BCUT2D eigenvalue weighted by atomic mass is 32.3. The average molecular weight is 388 g/mol. The minimum atomic E-state index is -3.57. The molecule has 0 saturated carbocycles. The van der Waals surface area contributed by atoms with Gasteiger partial charge >= 0.3 is 10.1 Å². The van der Waals surface area contributed by atoms with Crippen molar-refractivity contribution in [3.05, 3.63) is 90.5 Å². The smallest absolute Gasteiger partial charge is 0.262 e. The Morgan fingerprint density at radius 2 is 1.12 bits per heavy atom. The van der Waals surface area contributed by atoms with Crippen molar-refractivity contribution in [2.75, 3.05) is 5.75 Å². The number of rotatable bonds is 6. The van der Waals surface area contributed by atoms with Crippen molar-refractivity contribution < 1.29 is 12.0 Å². The second-order valence-corrected chi connectivity index (χ2v) is 10.9.